The summed E-state index contributed by atoms with van der Waals surface area (Å²) in [6.45, 7) is 1.09. The van der Waals surface area contributed by atoms with Gasteiger partial charge in [-0.15, -0.1) is 0 Å². The fraction of sp³-hybridized carbons (Fsp3) is 0.538. The molecule has 2 rings (SSSR count). The molecule has 1 aromatic rings. The van der Waals surface area contributed by atoms with E-state index >= 15 is 0 Å². The van der Waals surface area contributed by atoms with Crippen LogP contribution in [0.5, 0.6) is 5.75 Å². The highest BCUT2D eigenvalue weighted by molar-refractivity contribution is 5.32. The molecule has 0 bridgehead atoms. The molecule has 1 atom stereocenters. The molecule has 1 N–H and O–H groups in total. The molecule has 1 aromatic carbocycles. The molecule has 94 valence electrons. The van der Waals surface area contributed by atoms with Gasteiger partial charge in [0.1, 0.15) is 11.6 Å². The molecule has 0 aliphatic carbocycles. The Morgan fingerprint density at radius 2 is 2.18 bits per heavy atom. The summed E-state index contributed by atoms with van der Waals surface area (Å²) in [7, 11) is 1.49. The first-order chi connectivity index (χ1) is 8.15. The lowest BCUT2D eigenvalue weighted by atomic mass is 9.86. The third kappa shape index (κ3) is 2.58. The molecule has 3 nitrogen and oxygen atoms in total. The highest BCUT2D eigenvalue weighted by atomic mass is 19.1. The maximum Gasteiger partial charge on any atom is 0.132 e. The second kappa shape index (κ2) is 5.02. The van der Waals surface area contributed by atoms with Crippen molar-refractivity contribution >= 4 is 0 Å². The first-order valence-corrected chi connectivity index (χ1v) is 5.80. The molecular weight excluding hydrogens is 223 g/mol. The molecule has 0 amide bonds. The second-order valence-corrected chi connectivity index (χ2v) is 4.34. The number of hydrogen-bond acceptors (Lipinski definition) is 3. The summed E-state index contributed by atoms with van der Waals surface area (Å²) in [5, 5.41) is 10.5. The van der Waals surface area contributed by atoms with E-state index in [-0.39, 0.29) is 0 Å². The highest BCUT2D eigenvalue weighted by Crippen LogP contribution is 2.34. The lowest BCUT2D eigenvalue weighted by Gasteiger charge is -2.27. The van der Waals surface area contributed by atoms with Crippen molar-refractivity contribution in [3.63, 3.8) is 0 Å². The van der Waals surface area contributed by atoms with E-state index in [2.05, 4.69) is 0 Å². The van der Waals surface area contributed by atoms with E-state index in [0.717, 1.165) is 6.42 Å². The predicted octanol–water partition coefficient (Wildman–Crippen LogP) is 2.22. The average molecular weight is 240 g/mol. The van der Waals surface area contributed by atoms with Gasteiger partial charge in [0.2, 0.25) is 0 Å². The largest absolute Gasteiger partial charge is 0.497 e. The van der Waals surface area contributed by atoms with Crippen LogP contribution >= 0.6 is 0 Å². The van der Waals surface area contributed by atoms with Crippen molar-refractivity contribution in [1.29, 1.82) is 0 Å². The number of hydrogen-bond donors (Lipinski definition) is 1. The monoisotopic (exact) mass is 240 g/mol. The Kier molecular flexibility index (Phi) is 3.64. The van der Waals surface area contributed by atoms with Crippen LogP contribution < -0.4 is 4.74 Å². The molecule has 1 aliphatic heterocycles. The summed E-state index contributed by atoms with van der Waals surface area (Å²) in [5.74, 6) is 0.0356. The summed E-state index contributed by atoms with van der Waals surface area (Å²) in [6, 6.07) is 4.57. The maximum absolute atomic E-state index is 13.9. The van der Waals surface area contributed by atoms with Crippen LogP contribution in [0.1, 0.15) is 24.8 Å². The zero-order valence-electron chi connectivity index (χ0n) is 9.91. The summed E-state index contributed by atoms with van der Waals surface area (Å²) < 4.78 is 24.2. The molecular formula is C13H17FO3. The quantitative estimate of drug-likeness (QED) is 0.861. The van der Waals surface area contributed by atoms with Crippen LogP contribution in [-0.4, -0.2) is 25.4 Å². The van der Waals surface area contributed by atoms with Crippen LogP contribution in [0.4, 0.5) is 4.39 Å². The SMILES string of the molecule is COc1ccc(C2(O)CCCOCC2)c(F)c1. The minimum Gasteiger partial charge on any atom is -0.497 e. The Labute approximate surface area is 100 Å². The predicted molar refractivity (Wildman–Crippen MR) is 61.5 cm³/mol. The Balaban J connectivity index is 2.31. The van der Waals surface area contributed by atoms with Gasteiger partial charge in [0, 0.05) is 31.3 Å². The van der Waals surface area contributed by atoms with Gasteiger partial charge in [-0.05, 0) is 25.0 Å². The van der Waals surface area contributed by atoms with Gasteiger partial charge in [-0.3, -0.25) is 0 Å². The molecule has 1 aliphatic rings. The van der Waals surface area contributed by atoms with Gasteiger partial charge in [0.25, 0.3) is 0 Å². The fourth-order valence-electron chi connectivity index (χ4n) is 2.20. The maximum atomic E-state index is 13.9. The number of ether oxygens (including phenoxy) is 2. The molecule has 1 saturated heterocycles. The van der Waals surface area contributed by atoms with Crippen LogP contribution in [0.25, 0.3) is 0 Å². The normalized spacial score (nSPS) is 25.4. The van der Waals surface area contributed by atoms with Crippen molar-refractivity contribution in [3.05, 3.63) is 29.6 Å². The van der Waals surface area contributed by atoms with Gasteiger partial charge in [0.15, 0.2) is 0 Å². The van der Waals surface area contributed by atoms with E-state index in [4.69, 9.17) is 9.47 Å². The van der Waals surface area contributed by atoms with E-state index in [1.807, 2.05) is 0 Å². The fourth-order valence-corrected chi connectivity index (χ4v) is 2.20. The van der Waals surface area contributed by atoms with E-state index < -0.39 is 11.4 Å². The topological polar surface area (TPSA) is 38.7 Å². The van der Waals surface area contributed by atoms with Gasteiger partial charge in [-0.2, -0.15) is 0 Å². The van der Waals surface area contributed by atoms with Crippen molar-refractivity contribution in [2.24, 2.45) is 0 Å². The number of rotatable bonds is 2. The van der Waals surface area contributed by atoms with Gasteiger partial charge < -0.3 is 14.6 Å². The van der Waals surface area contributed by atoms with Crippen molar-refractivity contribution in [2.75, 3.05) is 20.3 Å². The van der Waals surface area contributed by atoms with E-state index in [1.165, 1.54) is 13.2 Å². The Bertz CT molecular complexity index is 384. The van der Waals surface area contributed by atoms with Gasteiger partial charge in [-0.1, -0.05) is 0 Å². The first-order valence-electron chi connectivity index (χ1n) is 5.80. The van der Waals surface area contributed by atoms with Gasteiger partial charge in [0.05, 0.1) is 12.7 Å². The van der Waals surface area contributed by atoms with E-state index in [9.17, 15) is 9.50 Å². The number of halogens is 1. The number of benzene rings is 1. The van der Waals surface area contributed by atoms with Crippen LogP contribution in [0.3, 0.4) is 0 Å². The van der Waals surface area contributed by atoms with E-state index in [1.54, 1.807) is 12.1 Å². The Morgan fingerprint density at radius 3 is 2.88 bits per heavy atom. The lowest BCUT2D eigenvalue weighted by molar-refractivity contribution is 0.0112. The van der Waals surface area contributed by atoms with Crippen LogP contribution in [0.15, 0.2) is 18.2 Å². The van der Waals surface area contributed by atoms with Crippen LogP contribution in [0.2, 0.25) is 0 Å². The Hall–Kier alpha value is -1.13. The summed E-state index contributed by atoms with van der Waals surface area (Å²) in [6.07, 6.45) is 1.69. The zero-order chi connectivity index (χ0) is 12.3. The van der Waals surface area contributed by atoms with Crippen LogP contribution in [0, 0.1) is 5.82 Å². The summed E-state index contributed by atoms with van der Waals surface area (Å²) >= 11 is 0. The van der Waals surface area contributed by atoms with Crippen molar-refractivity contribution < 1.29 is 19.0 Å². The molecule has 0 radical (unpaired) electrons. The second-order valence-electron chi connectivity index (χ2n) is 4.34. The third-order valence-electron chi connectivity index (χ3n) is 3.22. The number of methoxy groups -OCH3 is 1. The molecule has 1 heterocycles. The molecule has 1 fully saturated rings. The molecule has 0 saturated carbocycles. The van der Waals surface area contributed by atoms with Crippen molar-refractivity contribution in [1.82, 2.24) is 0 Å². The molecule has 17 heavy (non-hydrogen) atoms. The van der Waals surface area contributed by atoms with Gasteiger partial charge in [-0.25, -0.2) is 4.39 Å². The third-order valence-corrected chi connectivity index (χ3v) is 3.22. The highest BCUT2D eigenvalue weighted by Gasteiger charge is 2.33. The lowest BCUT2D eigenvalue weighted by Crippen LogP contribution is -2.27. The molecule has 4 heteroatoms. The molecule has 0 aromatic heterocycles. The molecule has 1 unspecified atom stereocenters. The van der Waals surface area contributed by atoms with E-state index in [0.29, 0.717) is 37.4 Å². The Morgan fingerprint density at radius 1 is 1.35 bits per heavy atom. The molecule has 0 spiro atoms. The summed E-state index contributed by atoms with van der Waals surface area (Å²) in [5.41, 5.74) is -0.781. The van der Waals surface area contributed by atoms with Crippen molar-refractivity contribution in [3.8, 4) is 5.75 Å². The zero-order valence-corrected chi connectivity index (χ0v) is 9.91. The smallest absolute Gasteiger partial charge is 0.132 e. The number of aliphatic hydroxyl groups is 1. The standard InChI is InChI=1S/C13H17FO3/c1-16-10-3-4-11(12(14)9-10)13(15)5-2-7-17-8-6-13/h3-4,9,15H,2,5-8H2,1H3. The van der Waals surface area contributed by atoms with Gasteiger partial charge >= 0.3 is 0 Å². The van der Waals surface area contributed by atoms with Crippen LogP contribution in [-0.2, 0) is 10.3 Å². The minimum absolute atomic E-state index is 0.337. The summed E-state index contributed by atoms with van der Waals surface area (Å²) in [4.78, 5) is 0. The minimum atomic E-state index is -1.12. The van der Waals surface area contributed by atoms with Crippen molar-refractivity contribution in [2.45, 2.75) is 24.9 Å². The average Bonchev–Trinajstić information content (AvgIpc) is 2.54. The first kappa shape index (κ1) is 12.3.